The normalized spacial score (nSPS) is 23.4. The third-order valence-electron chi connectivity index (χ3n) is 10.9. The Labute approximate surface area is 324 Å². The Kier molecular flexibility index (Phi) is 12.4. The third-order valence-corrected chi connectivity index (χ3v) is 12.4. The second-order valence-electron chi connectivity index (χ2n) is 14.9. The minimum absolute atomic E-state index is 0.0247. The summed E-state index contributed by atoms with van der Waals surface area (Å²) < 4.78 is 54.6. The molecule has 0 unspecified atom stereocenters. The van der Waals surface area contributed by atoms with Gasteiger partial charge in [0.25, 0.3) is 0 Å². The lowest BCUT2D eigenvalue weighted by molar-refractivity contribution is -0.278. The Morgan fingerprint density at radius 1 is 0.836 bits per heavy atom. The van der Waals surface area contributed by atoms with Gasteiger partial charge in [0.15, 0.2) is 12.1 Å². The van der Waals surface area contributed by atoms with E-state index < -0.39 is 34.0 Å². The van der Waals surface area contributed by atoms with E-state index in [0.717, 1.165) is 65.9 Å². The number of rotatable bonds is 13. The monoisotopic (exact) mass is 769 g/mol. The minimum Gasteiger partial charge on any atom is -0.392 e. The van der Waals surface area contributed by atoms with Crippen LogP contribution in [-0.4, -0.2) is 75.1 Å². The van der Waals surface area contributed by atoms with Crippen molar-refractivity contribution in [3.63, 3.8) is 0 Å². The quantitative estimate of drug-likeness (QED) is 0.165. The number of piperidine rings is 1. The Hall–Kier alpha value is -3.98. The summed E-state index contributed by atoms with van der Waals surface area (Å²) >= 11 is 0. The first-order valence-corrected chi connectivity index (χ1v) is 20.6. The van der Waals surface area contributed by atoms with Crippen molar-refractivity contribution in [3.8, 4) is 0 Å². The molecule has 1 amide bonds. The number of aliphatic hydroxyl groups excluding tert-OH is 1. The van der Waals surface area contributed by atoms with E-state index in [4.69, 9.17) is 18.9 Å². The fourth-order valence-electron chi connectivity index (χ4n) is 7.56. The van der Waals surface area contributed by atoms with E-state index in [1.807, 2.05) is 85.8 Å². The van der Waals surface area contributed by atoms with Crippen molar-refractivity contribution in [3.05, 3.63) is 137 Å². The summed E-state index contributed by atoms with van der Waals surface area (Å²) in [4.78, 5) is 16.1. The van der Waals surface area contributed by atoms with Crippen molar-refractivity contribution in [2.75, 3.05) is 32.8 Å². The zero-order valence-electron chi connectivity index (χ0n) is 31.4. The van der Waals surface area contributed by atoms with Crippen LogP contribution in [0.3, 0.4) is 0 Å². The average molecular weight is 770 g/mol. The van der Waals surface area contributed by atoms with Crippen molar-refractivity contribution in [1.82, 2.24) is 14.9 Å². The molecule has 292 valence electrons. The van der Waals surface area contributed by atoms with Gasteiger partial charge < -0.3 is 34.3 Å². The predicted octanol–water partition coefficient (Wildman–Crippen LogP) is 5.32. The molecule has 0 bridgehead atoms. The molecule has 55 heavy (non-hydrogen) atoms. The van der Waals surface area contributed by atoms with Gasteiger partial charge in [0.05, 0.1) is 36.9 Å². The summed E-state index contributed by atoms with van der Waals surface area (Å²) in [5, 5.41) is 12.6. The number of aliphatic hydroxyl groups is 1. The predicted molar refractivity (Wildman–Crippen MR) is 207 cm³/mol. The number of nitrogens with zero attached hydrogens (tertiary/aromatic N) is 1. The molecule has 0 saturated carbocycles. The summed E-state index contributed by atoms with van der Waals surface area (Å²) in [7, 11) is -3.96. The highest BCUT2D eigenvalue weighted by Gasteiger charge is 2.43. The highest BCUT2D eigenvalue weighted by atomic mass is 32.2. The number of hydrogen-bond acceptors (Lipinski definition) is 9. The van der Waals surface area contributed by atoms with Crippen molar-refractivity contribution < 1.29 is 37.3 Å². The molecule has 3 fully saturated rings. The maximum atomic E-state index is 13.6. The number of sulfonamides is 1. The standard InChI is InChI=1S/C43H51N3O8S/c1-30-8-18-37(19-9-30)55(49,50)45-38(26-32-6-4-3-5-7-32)41(48)44-27-33-10-16-36(17-11-33)42-53-39(28-46-22-20-43(21-23-46)51-24-25-52-43)31(2)40(54-42)35-14-12-34(29-47)13-15-35/h3-19,31,38-40,42,45,47H,20-29H2,1-2H3,(H,44,48)/t31-,38+,39+,40+,42+/m0/s1. The van der Waals surface area contributed by atoms with Crippen LogP contribution < -0.4 is 10.0 Å². The number of benzene rings is 4. The molecule has 4 aromatic rings. The van der Waals surface area contributed by atoms with Crippen molar-refractivity contribution >= 4 is 15.9 Å². The van der Waals surface area contributed by atoms with E-state index in [-0.39, 0.29) is 42.6 Å². The highest BCUT2D eigenvalue weighted by molar-refractivity contribution is 7.89. The Morgan fingerprint density at radius 3 is 2.13 bits per heavy atom. The van der Waals surface area contributed by atoms with Gasteiger partial charge in [0.2, 0.25) is 15.9 Å². The van der Waals surface area contributed by atoms with Gasteiger partial charge in [0, 0.05) is 50.5 Å². The van der Waals surface area contributed by atoms with E-state index in [1.165, 1.54) is 12.1 Å². The van der Waals surface area contributed by atoms with Crippen LogP contribution in [0.4, 0.5) is 0 Å². The van der Waals surface area contributed by atoms with Gasteiger partial charge in [-0.2, -0.15) is 4.72 Å². The highest BCUT2D eigenvalue weighted by Crippen LogP contribution is 2.42. The van der Waals surface area contributed by atoms with Gasteiger partial charge in [-0.1, -0.05) is 103 Å². The van der Waals surface area contributed by atoms with Crippen LogP contribution >= 0.6 is 0 Å². The summed E-state index contributed by atoms with van der Waals surface area (Å²) in [5.74, 6) is -0.824. The number of hydrogen-bond donors (Lipinski definition) is 3. The molecule has 0 aliphatic carbocycles. The van der Waals surface area contributed by atoms with E-state index in [2.05, 4.69) is 21.9 Å². The number of carbonyl (C=O) groups is 1. The largest absolute Gasteiger partial charge is 0.392 e. The van der Waals surface area contributed by atoms with Crippen molar-refractivity contribution in [2.45, 2.75) is 81.5 Å². The molecule has 1 spiro atoms. The van der Waals surface area contributed by atoms with Crippen LogP contribution in [0.15, 0.2) is 108 Å². The van der Waals surface area contributed by atoms with Crippen LogP contribution in [0.25, 0.3) is 0 Å². The molecule has 4 aromatic carbocycles. The molecule has 0 radical (unpaired) electrons. The van der Waals surface area contributed by atoms with E-state index in [0.29, 0.717) is 13.2 Å². The van der Waals surface area contributed by atoms with Crippen molar-refractivity contribution in [1.29, 1.82) is 0 Å². The maximum Gasteiger partial charge on any atom is 0.241 e. The second kappa shape index (κ2) is 17.4. The number of likely N-dealkylation sites (tertiary alicyclic amines) is 1. The third kappa shape index (κ3) is 9.70. The molecule has 3 N–H and O–H groups in total. The van der Waals surface area contributed by atoms with Gasteiger partial charge in [-0.3, -0.25) is 4.79 Å². The molecule has 3 saturated heterocycles. The average Bonchev–Trinajstić information content (AvgIpc) is 3.67. The zero-order valence-corrected chi connectivity index (χ0v) is 32.2. The SMILES string of the molecule is Cc1ccc(S(=O)(=O)N[C@H](Cc2ccccc2)C(=O)NCc2ccc([C@@H]3O[C@H](CN4CCC5(CC4)OCCO5)[C@H](C)[C@H](c4ccc(CO)cc4)O3)cc2)cc1. The molecule has 3 aliphatic rings. The lowest BCUT2D eigenvalue weighted by Gasteiger charge is -2.44. The first-order chi connectivity index (χ1) is 26.6. The first kappa shape index (κ1) is 39.3. The number of ether oxygens (including phenoxy) is 4. The van der Waals surface area contributed by atoms with Gasteiger partial charge in [0.1, 0.15) is 6.04 Å². The van der Waals surface area contributed by atoms with Gasteiger partial charge in [-0.25, -0.2) is 8.42 Å². The maximum absolute atomic E-state index is 13.6. The van der Waals surface area contributed by atoms with E-state index in [9.17, 15) is 18.3 Å². The van der Waals surface area contributed by atoms with Crippen LogP contribution in [0.2, 0.25) is 0 Å². The number of carbonyl (C=O) groups excluding carboxylic acids is 1. The Bertz CT molecular complexity index is 1960. The Morgan fingerprint density at radius 2 is 1.47 bits per heavy atom. The molecular formula is C43H51N3O8S. The van der Waals surface area contributed by atoms with Gasteiger partial charge in [-0.05, 0) is 47.7 Å². The topological polar surface area (TPSA) is 136 Å². The number of nitrogens with one attached hydrogen (secondary N) is 2. The van der Waals surface area contributed by atoms with Gasteiger partial charge >= 0.3 is 0 Å². The fourth-order valence-corrected chi connectivity index (χ4v) is 8.76. The van der Waals surface area contributed by atoms with E-state index >= 15 is 0 Å². The molecule has 3 heterocycles. The van der Waals surface area contributed by atoms with Crippen LogP contribution in [0, 0.1) is 12.8 Å². The smallest absolute Gasteiger partial charge is 0.241 e. The van der Waals surface area contributed by atoms with Crippen LogP contribution in [0.1, 0.15) is 65.5 Å². The molecule has 5 atom stereocenters. The van der Waals surface area contributed by atoms with Crippen molar-refractivity contribution in [2.24, 2.45) is 5.92 Å². The molecule has 0 aromatic heterocycles. The summed E-state index contributed by atoms with van der Waals surface area (Å²) in [6, 6.07) is 30.5. The number of aryl methyl sites for hydroxylation is 1. The molecule has 3 aliphatic heterocycles. The van der Waals surface area contributed by atoms with Gasteiger partial charge in [-0.15, -0.1) is 0 Å². The summed E-state index contributed by atoms with van der Waals surface area (Å²) in [5.41, 5.74) is 5.33. The summed E-state index contributed by atoms with van der Waals surface area (Å²) in [6.07, 6.45) is 0.851. The lowest BCUT2D eigenvalue weighted by Crippen LogP contribution is -2.50. The second-order valence-corrected chi connectivity index (χ2v) is 16.6. The molecule has 7 rings (SSSR count). The fraction of sp³-hybridized carbons (Fsp3) is 0.419. The molecule has 11 nitrogen and oxygen atoms in total. The minimum atomic E-state index is -3.96. The first-order valence-electron chi connectivity index (χ1n) is 19.1. The number of amides is 1. The lowest BCUT2D eigenvalue weighted by atomic mass is 9.89. The van der Waals surface area contributed by atoms with E-state index in [1.54, 1.807) is 12.1 Å². The zero-order chi connectivity index (χ0) is 38.4. The molecule has 12 heteroatoms. The molecular weight excluding hydrogens is 719 g/mol. The Balaban J connectivity index is 1.03. The van der Waals surface area contributed by atoms with Crippen LogP contribution in [0.5, 0.6) is 0 Å². The summed E-state index contributed by atoms with van der Waals surface area (Å²) in [6.45, 7) is 7.97. The van der Waals surface area contributed by atoms with Crippen LogP contribution in [-0.2, 0) is 53.3 Å².